The van der Waals surface area contributed by atoms with Crippen molar-refractivity contribution in [3.63, 3.8) is 0 Å². The van der Waals surface area contributed by atoms with Crippen LogP contribution in [0.1, 0.15) is 5.56 Å². The number of hydrogen-bond donors (Lipinski definition) is 1. The number of thioether (sulfide) groups is 1. The molecule has 0 saturated carbocycles. The fourth-order valence-electron chi connectivity index (χ4n) is 3.07. The summed E-state index contributed by atoms with van der Waals surface area (Å²) in [6, 6.07) is 16.3. The number of nitrogens with zero attached hydrogens (tertiary/aromatic N) is 3. The molecular formula is C23H18N4O8S2. The van der Waals surface area contributed by atoms with Crippen LogP contribution >= 0.6 is 11.8 Å². The van der Waals surface area contributed by atoms with Crippen molar-refractivity contribution in [2.45, 2.75) is 10.1 Å². The molecule has 4 aromatic rings. The number of carbonyl (C=O) groups excluding carboxylic acids is 1. The molecule has 4 rings (SSSR count). The monoisotopic (exact) mass is 542 g/mol. The average molecular weight is 543 g/mol. The SMILES string of the molecule is COc1ccc(/C=N\NC(=O)CSc2nc3ccccc3o2)cc1OS(=O)(=O)c1ccccc1[N+](=O)[O-]. The van der Waals surface area contributed by atoms with E-state index in [0.29, 0.717) is 21.9 Å². The fraction of sp³-hybridized carbons (Fsp3) is 0.0870. The lowest BCUT2D eigenvalue weighted by molar-refractivity contribution is -0.387. The molecule has 0 atom stereocenters. The molecule has 12 nitrogen and oxygen atoms in total. The van der Waals surface area contributed by atoms with Crippen LogP contribution in [-0.2, 0) is 14.9 Å². The molecule has 1 heterocycles. The third-order valence-corrected chi connectivity index (χ3v) is 6.83. The Morgan fingerprint density at radius 2 is 1.92 bits per heavy atom. The molecule has 14 heteroatoms. The number of aromatic nitrogens is 1. The van der Waals surface area contributed by atoms with Gasteiger partial charge in [-0.1, -0.05) is 36.0 Å². The van der Waals surface area contributed by atoms with Crippen LogP contribution in [0.5, 0.6) is 11.5 Å². The van der Waals surface area contributed by atoms with Crippen molar-refractivity contribution in [3.8, 4) is 11.5 Å². The predicted molar refractivity (Wildman–Crippen MR) is 134 cm³/mol. The second-order valence-electron chi connectivity index (χ2n) is 7.20. The van der Waals surface area contributed by atoms with E-state index in [1.807, 2.05) is 12.1 Å². The molecular weight excluding hydrogens is 524 g/mol. The highest BCUT2D eigenvalue weighted by Crippen LogP contribution is 2.32. The highest BCUT2D eigenvalue weighted by Gasteiger charge is 2.28. The molecule has 1 amide bonds. The van der Waals surface area contributed by atoms with Gasteiger partial charge in [-0.2, -0.15) is 13.5 Å². The summed E-state index contributed by atoms with van der Waals surface area (Å²) in [6.07, 6.45) is 1.27. The highest BCUT2D eigenvalue weighted by atomic mass is 32.2. The number of hydrazone groups is 1. The molecule has 37 heavy (non-hydrogen) atoms. The molecule has 1 aromatic heterocycles. The summed E-state index contributed by atoms with van der Waals surface area (Å²) in [7, 11) is -3.26. The topological polar surface area (TPSA) is 163 Å². The molecule has 0 aliphatic rings. The number of hydrogen-bond acceptors (Lipinski definition) is 11. The lowest BCUT2D eigenvalue weighted by atomic mass is 10.2. The molecule has 3 aromatic carbocycles. The molecule has 0 aliphatic heterocycles. The van der Waals surface area contributed by atoms with Crippen LogP contribution in [0.3, 0.4) is 0 Å². The number of oxazole rings is 1. The van der Waals surface area contributed by atoms with Crippen molar-refractivity contribution in [2.75, 3.05) is 12.9 Å². The number of rotatable bonds is 10. The van der Waals surface area contributed by atoms with Crippen LogP contribution in [0.2, 0.25) is 0 Å². The largest absolute Gasteiger partial charge is 0.493 e. The van der Waals surface area contributed by atoms with Gasteiger partial charge in [0.05, 0.1) is 24.0 Å². The highest BCUT2D eigenvalue weighted by molar-refractivity contribution is 7.99. The summed E-state index contributed by atoms with van der Waals surface area (Å²) in [5.41, 5.74) is 3.39. The maximum absolute atomic E-state index is 12.8. The van der Waals surface area contributed by atoms with E-state index < -0.39 is 31.5 Å². The van der Waals surface area contributed by atoms with Crippen LogP contribution < -0.4 is 14.3 Å². The number of benzene rings is 3. The first kappa shape index (κ1) is 25.7. The quantitative estimate of drug-likeness (QED) is 0.103. The Morgan fingerprint density at radius 3 is 2.68 bits per heavy atom. The number of methoxy groups -OCH3 is 1. The molecule has 0 radical (unpaired) electrons. The molecule has 0 fully saturated rings. The fourth-order valence-corrected chi connectivity index (χ4v) is 4.80. The van der Waals surface area contributed by atoms with Gasteiger partial charge in [0.15, 0.2) is 22.0 Å². The van der Waals surface area contributed by atoms with Crippen LogP contribution in [-0.4, -0.2) is 43.3 Å². The van der Waals surface area contributed by atoms with Crippen LogP contribution in [0.25, 0.3) is 11.1 Å². The first-order chi connectivity index (χ1) is 17.8. The van der Waals surface area contributed by atoms with Crippen molar-refractivity contribution >= 4 is 50.8 Å². The minimum absolute atomic E-state index is 0.00473. The summed E-state index contributed by atoms with van der Waals surface area (Å²) in [6.45, 7) is 0. The third kappa shape index (κ3) is 6.23. The van der Waals surface area contributed by atoms with Gasteiger partial charge in [0, 0.05) is 6.07 Å². The molecule has 0 bridgehead atoms. The van der Waals surface area contributed by atoms with Gasteiger partial charge in [-0.15, -0.1) is 0 Å². The lowest BCUT2D eigenvalue weighted by Gasteiger charge is -2.11. The van der Waals surface area contributed by atoms with Crippen LogP contribution in [0.4, 0.5) is 5.69 Å². The molecule has 1 N–H and O–H groups in total. The minimum Gasteiger partial charge on any atom is -0.493 e. The molecule has 0 aliphatic carbocycles. The average Bonchev–Trinajstić information content (AvgIpc) is 3.30. The van der Waals surface area contributed by atoms with E-state index in [1.165, 1.54) is 37.6 Å². The maximum Gasteiger partial charge on any atom is 0.346 e. The van der Waals surface area contributed by atoms with E-state index in [1.54, 1.807) is 18.2 Å². The maximum atomic E-state index is 12.8. The van der Waals surface area contributed by atoms with E-state index in [2.05, 4.69) is 15.5 Å². The van der Waals surface area contributed by atoms with Gasteiger partial charge in [0.2, 0.25) is 0 Å². The van der Waals surface area contributed by atoms with Gasteiger partial charge in [-0.3, -0.25) is 14.9 Å². The zero-order chi connectivity index (χ0) is 26.4. The Morgan fingerprint density at radius 1 is 1.16 bits per heavy atom. The van der Waals surface area contributed by atoms with Gasteiger partial charge < -0.3 is 13.3 Å². The number of nitro groups is 1. The molecule has 190 valence electrons. The standard InChI is InChI=1S/C23H18N4O8S2/c1-33-19-11-10-15(12-20(19)35-37(31,32)21-9-5-3-7-17(21)27(29)30)13-24-26-22(28)14-36-23-25-16-6-2-4-8-18(16)34-23/h2-13H,14H2,1H3,(H,26,28)/b24-13-. The van der Waals surface area contributed by atoms with Crippen molar-refractivity contribution in [2.24, 2.45) is 5.10 Å². The molecule has 0 unspecified atom stereocenters. The molecule has 0 spiro atoms. The van der Waals surface area contributed by atoms with E-state index in [-0.39, 0.29) is 17.3 Å². The Balaban J connectivity index is 1.42. The second-order valence-corrected chi connectivity index (χ2v) is 9.64. The number of nitrogens with one attached hydrogen (secondary N) is 1. The van der Waals surface area contributed by atoms with Gasteiger partial charge in [0.25, 0.3) is 16.8 Å². The minimum atomic E-state index is -4.57. The van der Waals surface area contributed by atoms with E-state index >= 15 is 0 Å². The normalized spacial score (nSPS) is 11.5. The zero-order valence-electron chi connectivity index (χ0n) is 19.1. The first-order valence-electron chi connectivity index (χ1n) is 10.4. The Labute approximate surface area is 214 Å². The van der Waals surface area contributed by atoms with Gasteiger partial charge in [0.1, 0.15) is 5.52 Å². The number of nitro benzene ring substituents is 1. The Hall–Kier alpha value is -4.43. The van der Waals surface area contributed by atoms with E-state index in [4.69, 9.17) is 13.3 Å². The number of para-hydroxylation sites is 3. The first-order valence-corrected chi connectivity index (χ1v) is 12.8. The van der Waals surface area contributed by atoms with Crippen LogP contribution in [0, 0.1) is 10.1 Å². The van der Waals surface area contributed by atoms with Crippen molar-refractivity contribution < 1.29 is 31.5 Å². The smallest absolute Gasteiger partial charge is 0.346 e. The Kier molecular flexibility index (Phi) is 7.69. The summed E-state index contributed by atoms with van der Waals surface area (Å²) in [5, 5.41) is 15.4. The van der Waals surface area contributed by atoms with Crippen molar-refractivity contribution in [1.82, 2.24) is 10.4 Å². The Bertz CT molecular complexity index is 1570. The van der Waals surface area contributed by atoms with Gasteiger partial charge in [-0.05, 0) is 42.0 Å². The summed E-state index contributed by atoms with van der Waals surface area (Å²) in [4.78, 5) is 26.2. The summed E-state index contributed by atoms with van der Waals surface area (Å²) < 4.78 is 41.4. The number of carbonyl (C=O) groups is 1. The van der Waals surface area contributed by atoms with Gasteiger partial charge >= 0.3 is 10.1 Å². The van der Waals surface area contributed by atoms with Gasteiger partial charge in [-0.25, -0.2) is 10.4 Å². The summed E-state index contributed by atoms with van der Waals surface area (Å²) >= 11 is 1.10. The number of fused-ring (bicyclic) bond motifs is 1. The van der Waals surface area contributed by atoms with Crippen LogP contribution in [0.15, 0.2) is 86.4 Å². The van der Waals surface area contributed by atoms with Crippen molar-refractivity contribution in [3.05, 3.63) is 82.4 Å². The third-order valence-electron chi connectivity index (χ3n) is 4.72. The second kappa shape index (κ2) is 11.1. The zero-order valence-corrected chi connectivity index (χ0v) is 20.7. The summed E-state index contributed by atoms with van der Waals surface area (Å²) in [5.74, 6) is -0.581. The lowest BCUT2D eigenvalue weighted by Crippen LogP contribution is -2.19. The number of ether oxygens (including phenoxy) is 1. The number of amides is 1. The van der Waals surface area contributed by atoms with Crippen molar-refractivity contribution in [1.29, 1.82) is 0 Å². The van der Waals surface area contributed by atoms with E-state index in [9.17, 15) is 23.3 Å². The molecule has 0 saturated heterocycles. The predicted octanol–water partition coefficient (Wildman–Crippen LogP) is 3.75. The van der Waals surface area contributed by atoms with E-state index in [0.717, 1.165) is 23.9 Å².